The Morgan fingerprint density at radius 1 is 1.20 bits per heavy atom. The average molecular weight is 554 g/mol. The van der Waals surface area contributed by atoms with Gasteiger partial charge in [0.2, 0.25) is 0 Å². The van der Waals surface area contributed by atoms with E-state index in [1.54, 1.807) is 24.8 Å². The van der Waals surface area contributed by atoms with Crippen molar-refractivity contribution in [1.29, 1.82) is 0 Å². The summed E-state index contributed by atoms with van der Waals surface area (Å²) in [6, 6.07) is 3.49. The van der Waals surface area contributed by atoms with Gasteiger partial charge in [-0.05, 0) is 60.4 Å². The second-order valence-electron chi connectivity index (χ2n) is 12.0. The van der Waals surface area contributed by atoms with Crippen LogP contribution in [0, 0.1) is 11.8 Å². The zero-order chi connectivity index (χ0) is 28.2. The Morgan fingerprint density at radius 2 is 2.00 bits per heavy atom. The van der Waals surface area contributed by atoms with Crippen LogP contribution in [-0.4, -0.2) is 54.8 Å². The summed E-state index contributed by atoms with van der Waals surface area (Å²) in [7, 11) is 1.91. The number of amides is 1. The zero-order valence-corrected chi connectivity index (χ0v) is 23.0. The minimum atomic E-state index is -3.09. The van der Waals surface area contributed by atoms with Gasteiger partial charge in [0, 0.05) is 45.2 Å². The maximum atomic E-state index is 14.8. The summed E-state index contributed by atoms with van der Waals surface area (Å²) in [6.45, 7) is 5.52. The molecule has 1 amide bonds. The number of fused-ring (bicyclic) bond motifs is 1. The average Bonchev–Trinajstić information content (AvgIpc) is 3.46. The molecule has 0 unspecified atom stereocenters. The highest BCUT2D eigenvalue weighted by Gasteiger charge is 2.48. The number of hydrogen-bond donors (Lipinski definition) is 1. The van der Waals surface area contributed by atoms with Crippen molar-refractivity contribution >= 4 is 11.6 Å². The minimum Gasteiger partial charge on any atom is -0.320 e. The fourth-order valence-electron chi connectivity index (χ4n) is 6.81. The highest BCUT2D eigenvalue weighted by atomic mass is 19.3. The lowest BCUT2D eigenvalue weighted by Gasteiger charge is -2.45. The maximum Gasteiger partial charge on any atom is 0.290 e. The molecule has 1 aliphatic heterocycles. The van der Waals surface area contributed by atoms with Crippen molar-refractivity contribution in [2.24, 2.45) is 18.9 Å². The molecule has 4 heterocycles. The molecule has 2 aliphatic carbocycles. The third kappa shape index (κ3) is 4.67. The summed E-state index contributed by atoms with van der Waals surface area (Å²) in [5.74, 6) is -2.45. The number of rotatable bonds is 6. The van der Waals surface area contributed by atoms with Gasteiger partial charge < -0.3 is 9.88 Å². The first-order chi connectivity index (χ1) is 19.1. The number of carbonyl (C=O) groups excluding carboxylic acids is 1. The van der Waals surface area contributed by atoms with Crippen molar-refractivity contribution < 1.29 is 18.0 Å². The van der Waals surface area contributed by atoms with E-state index in [4.69, 9.17) is 0 Å². The van der Waals surface area contributed by atoms with Crippen LogP contribution in [0.25, 0.3) is 0 Å². The number of alkyl halides is 3. The zero-order valence-electron chi connectivity index (χ0n) is 23.0. The van der Waals surface area contributed by atoms with E-state index in [1.165, 1.54) is 0 Å². The van der Waals surface area contributed by atoms with Crippen LogP contribution in [0.5, 0.6) is 0 Å². The molecule has 2 atom stereocenters. The van der Waals surface area contributed by atoms with Crippen molar-refractivity contribution in [1.82, 2.24) is 29.6 Å². The first kappa shape index (κ1) is 26.9. The summed E-state index contributed by atoms with van der Waals surface area (Å²) in [6.07, 6.45) is 6.18. The Labute approximate surface area is 231 Å². The van der Waals surface area contributed by atoms with Crippen LogP contribution in [0.4, 0.5) is 18.9 Å². The van der Waals surface area contributed by atoms with Gasteiger partial charge in [-0.2, -0.15) is 8.78 Å². The molecule has 0 bridgehead atoms. The number of anilines is 1. The third-order valence-electron chi connectivity index (χ3n) is 8.85. The first-order valence-corrected chi connectivity index (χ1v) is 13.9. The van der Waals surface area contributed by atoms with Gasteiger partial charge in [0.1, 0.15) is 29.7 Å². The molecule has 0 spiro atoms. The lowest BCUT2D eigenvalue weighted by atomic mass is 9.59. The number of aromatic nitrogens is 5. The molecular formula is C29H34F3N7O. The maximum absolute atomic E-state index is 14.8. The molecular weight excluding hydrogens is 519 g/mol. The molecule has 2 fully saturated rings. The van der Waals surface area contributed by atoms with Crippen LogP contribution in [0.3, 0.4) is 0 Å². The number of nitrogens with zero attached hydrogens (tertiary/aromatic N) is 6. The van der Waals surface area contributed by atoms with E-state index in [2.05, 4.69) is 37.3 Å². The fourth-order valence-corrected chi connectivity index (χ4v) is 6.81. The van der Waals surface area contributed by atoms with Gasteiger partial charge in [-0.1, -0.05) is 13.8 Å². The SMILES string of the molecule is CC1CC(c2cncc(NC(=O)c3cc(CN4CC[C@H](F)[C@H](C)C4)c4c(n3)C(F)(F)CC4)c2)(c2nncn2C)C1. The van der Waals surface area contributed by atoms with Crippen LogP contribution in [-0.2, 0) is 31.4 Å². The number of likely N-dealkylation sites (tertiary alicyclic amines) is 1. The molecule has 0 radical (unpaired) electrons. The van der Waals surface area contributed by atoms with E-state index in [0.29, 0.717) is 48.8 Å². The normalized spacial score (nSPS) is 27.7. The predicted molar refractivity (Wildman–Crippen MR) is 143 cm³/mol. The second-order valence-corrected chi connectivity index (χ2v) is 12.0. The molecule has 6 rings (SSSR count). The Kier molecular flexibility index (Phi) is 6.67. The molecule has 40 heavy (non-hydrogen) atoms. The molecule has 11 heteroatoms. The Morgan fingerprint density at radius 3 is 2.70 bits per heavy atom. The molecule has 8 nitrogen and oxygen atoms in total. The monoisotopic (exact) mass is 553 g/mol. The van der Waals surface area contributed by atoms with Crippen molar-refractivity contribution in [2.45, 2.75) is 70.0 Å². The predicted octanol–water partition coefficient (Wildman–Crippen LogP) is 4.79. The van der Waals surface area contributed by atoms with E-state index >= 15 is 0 Å². The molecule has 212 valence electrons. The Balaban J connectivity index is 1.28. The summed E-state index contributed by atoms with van der Waals surface area (Å²) in [4.78, 5) is 24.0. The van der Waals surface area contributed by atoms with Crippen LogP contribution in [0.1, 0.15) is 78.2 Å². The second kappa shape index (κ2) is 9.94. The summed E-state index contributed by atoms with van der Waals surface area (Å²) in [5.41, 5.74) is 1.80. The largest absolute Gasteiger partial charge is 0.320 e. The Hall–Kier alpha value is -3.34. The van der Waals surface area contributed by atoms with E-state index in [1.807, 2.05) is 24.6 Å². The molecule has 1 N–H and O–H groups in total. The smallest absolute Gasteiger partial charge is 0.290 e. The number of aryl methyl sites for hydroxylation is 1. The number of piperidine rings is 1. The van der Waals surface area contributed by atoms with Crippen molar-refractivity contribution in [3.63, 3.8) is 0 Å². The van der Waals surface area contributed by atoms with Gasteiger partial charge in [-0.15, -0.1) is 10.2 Å². The van der Waals surface area contributed by atoms with Gasteiger partial charge in [0.15, 0.2) is 0 Å². The van der Waals surface area contributed by atoms with Crippen molar-refractivity contribution in [2.75, 3.05) is 18.4 Å². The molecule has 0 aromatic carbocycles. The highest BCUT2D eigenvalue weighted by molar-refractivity contribution is 6.03. The van der Waals surface area contributed by atoms with Crippen molar-refractivity contribution in [3.8, 4) is 0 Å². The lowest BCUT2D eigenvalue weighted by Crippen LogP contribution is -2.43. The third-order valence-corrected chi connectivity index (χ3v) is 8.85. The molecule has 1 saturated heterocycles. The molecule has 3 aromatic rings. The summed E-state index contributed by atoms with van der Waals surface area (Å²) >= 11 is 0. The number of pyridine rings is 2. The fraction of sp³-hybridized carbons (Fsp3) is 0.552. The van der Waals surface area contributed by atoms with Crippen molar-refractivity contribution in [3.05, 3.63) is 64.8 Å². The quantitative estimate of drug-likeness (QED) is 0.472. The van der Waals surface area contributed by atoms with Gasteiger partial charge in [-0.3, -0.25) is 14.7 Å². The number of nitrogens with one attached hydrogen (secondary N) is 1. The molecule has 3 aliphatic rings. The summed E-state index contributed by atoms with van der Waals surface area (Å²) in [5, 5.41) is 11.3. The van der Waals surface area contributed by atoms with E-state index in [9.17, 15) is 18.0 Å². The van der Waals surface area contributed by atoms with Gasteiger partial charge in [0.05, 0.1) is 17.3 Å². The van der Waals surface area contributed by atoms with Gasteiger partial charge in [-0.25, -0.2) is 9.37 Å². The number of carbonyl (C=O) groups is 1. The number of hydrogen-bond acceptors (Lipinski definition) is 6. The van der Waals surface area contributed by atoms with Crippen LogP contribution in [0.15, 0.2) is 30.9 Å². The van der Waals surface area contributed by atoms with E-state index in [0.717, 1.165) is 24.2 Å². The van der Waals surface area contributed by atoms with Gasteiger partial charge in [0.25, 0.3) is 11.8 Å². The van der Waals surface area contributed by atoms with Crippen LogP contribution < -0.4 is 5.32 Å². The molecule has 3 aromatic heterocycles. The highest BCUT2D eigenvalue weighted by Crippen LogP contribution is 2.51. The molecule has 1 saturated carbocycles. The number of halogens is 3. The lowest BCUT2D eigenvalue weighted by molar-refractivity contribution is -0.00603. The summed E-state index contributed by atoms with van der Waals surface area (Å²) < 4.78 is 45.6. The topological polar surface area (TPSA) is 88.8 Å². The van der Waals surface area contributed by atoms with E-state index in [-0.39, 0.29) is 35.6 Å². The standard InChI is InChI=1S/C29H34F3N7O/c1-17-10-28(11-17,27-37-34-16-38(27)3)20-9-21(13-33-12-20)35-26(40)24-8-19(15-39-7-5-23(30)18(2)14-39)22-4-6-29(31,32)25(22)36-24/h8-9,12-13,16-18,23H,4-7,10-11,14-15H2,1-3H3,(H,35,40)/t17?,18-,23+,28?/m1/s1. The Bertz CT molecular complexity index is 1430. The van der Waals surface area contributed by atoms with Gasteiger partial charge >= 0.3 is 0 Å². The first-order valence-electron chi connectivity index (χ1n) is 13.9. The van der Waals surface area contributed by atoms with E-state index < -0.39 is 18.0 Å². The minimum absolute atomic E-state index is 0.0607. The van der Waals surface area contributed by atoms with Crippen LogP contribution in [0.2, 0.25) is 0 Å². The van der Waals surface area contributed by atoms with Crippen LogP contribution >= 0.6 is 0 Å².